The number of rotatable bonds is 5. The van der Waals surface area contributed by atoms with E-state index in [-0.39, 0.29) is 33.1 Å². The Bertz CT molecular complexity index is 1910. The highest BCUT2D eigenvalue weighted by Gasteiger charge is 2.32. The molecule has 7 nitrogen and oxygen atoms in total. The van der Waals surface area contributed by atoms with E-state index < -0.39 is 28.7 Å². The molecule has 0 amide bonds. The van der Waals surface area contributed by atoms with E-state index in [1.54, 1.807) is 36.4 Å². The Morgan fingerprint density at radius 1 is 0.625 bits per heavy atom. The lowest BCUT2D eigenvalue weighted by molar-refractivity contribution is 0.441. The standard InChI is InChI=1S/C31H18Cl2O7/c32-17-8-12-23-21(14-17)28(34)26(30(36)39-23)25(16-6-10-20(11-7-16)38-19-4-2-1-3-5-19)27-29(35)22-15-18(33)9-13-24(22)40-31(27)37/h1-15,25,34-35H. The normalized spacial score (nSPS) is 11.4. The second-order valence-electron chi connectivity index (χ2n) is 9.00. The van der Waals surface area contributed by atoms with Gasteiger partial charge < -0.3 is 23.8 Å². The van der Waals surface area contributed by atoms with Crippen LogP contribution in [-0.4, -0.2) is 10.2 Å². The van der Waals surface area contributed by atoms with Gasteiger partial charge in [0.05, 0.1) is 27.8 Å². The van der Waals surface area contributed by atoms with E-state index in [0.29, 0.717) is 27.1 Å². The van der Waals surface area contributed by atoms with E-state index in [0.717, 1.165) is 0 Å². The van der Waals surface area contributed by atoms with Gasteiger partial charge in [-0.25, -0.2) is 9.59 Å². The van der Waals surface area contributed by atoms with Crippen LogP contribution in [-0.2, 0) is 0 Å². The SMILES string of the molecule is O=c1oc2ccc(Cl)cc2c(O)c1C(c1ccc(Oc2ccccc2)cc1)c1c(O)c2cc(Cl)ccc2oc1=O. The van der Waals surface area contributed by atoms with Crippen LogP contribution in [0.1, 0.15) is 22.6 Å². The summed E-state index contributed by atoms with van der Waals surface area (Å²) in [6.45, 7) is 0. The molecule has 2 N–H and O–H groups in total. The summed E-state index contributed by atoms with van der Waals surface area (Å²) < 4.78 is 16.9. The zero-order chi connectivity index (χ0) is 28.0. The van der Waals surface area contributed by atoms with Gasteiger partial charge in [-0.15, -0.1) is 0 Å². The van der Waals surface area contributed by atoms with Crippen LogP contribution in [0, 0.1) is 0 Å². The van der Waals surface area contributed by atoms with E-state index in [4.69, 9.17) is 36.8 Å². The number of hydrogen-bond acceptors (Lipinski definition) is 7. The maximum Gasteiger partial charge on any atom is 0.344 e. The molecule has 6 rings (SSSR count). The van der Waals surface area contributed by atoms with Crippen molar-refractivity contribution in [1.29, 1.82) is 0 Å². The van der Waals surface area contributed by atoms with Gasteiger partial charge in [0.1, 0.15) is 34.2 Å². The molecule has 2 heterocycles. The van der Waals surface area contributed by atoms with E-state index in [2.05, 4.69) is 0 Å². The Morgan fingerprint density at radius 3 is 1.60 bits per heavy atom. The third-order valence-electron chi connectivity index (χ3n) is 6.52. The first kappa shape index (κ1) is 25.6. The van der Waals surface area contributed by atoms with Gasteiger partial charge in [0.15, 0.2) is 0 Å². The molecule has 0 atom stereocenters. The summed E-state index contributed by atoms with van der Waals surface area (Å²) in [5, 5.41) is 23.6. The fraction of sp³-hybridized carbons (Fsp3) is 0.0323. The zero-order valence-corrected chi connectivity index (χ0v) is 21.9. The van der Waals surface area contributed by atoms with Gasteiger partial charge in [-0.05, 0) is 66.2 Å². The monoisotopic (exact) mass is 572 g/mol. The molecule has 9 heteroatoms. The van der Waals surface area contributed by atoms with Crippen molar-refractivity contribution >= 4 is 45.1 Å². The molecule has 0 aliphatic rings. The number of para-hydroxylation sites is 1. The van der Waals surface area contributed by atoms with Crippen LogP contribution in [0.4, 0.5) is 0 Å². The summed E-state index contributed by atoms with van der Waals surface area (Å²) in [5.41, 5.74) is -1.82. The molecule has 198 valence electrons. The van der Waals surface area contributed by atoms with Crippen molar-refractivity contribution in [2.45, 2.75) is 5.92 Å². The fourth-order valence-electron chi connectivity index (χ4n) is 4.69. The number of aromatic hydroxyl groups is 2. The van der Waals surface area contributed by atoms with Gasteiger partial charge in [0, 0.05) is 10.0 Å². The molecule has 0 unspecified atom stereocenters. The van der Waals surface area contributed by atoms with Crippen LogP contribution in [0.15, 0.2) is 109 Å². The van der Waals surface area contributed by atoms with Crippen molar-refractivity contribution in [2.24, 2.45) is 0 Å². The summed E-state index contributed by atoms with van der Waals surface area (Å²) in [4.78, 5) is 26.7. The number of hydrogen-bond donors (Lipinski definition) is 2. The van der Waals surface area contributed by atoms with E-state index in [1.165, 1.54) is 36.4 Å². The molecule has 0 aliphatic heterocycles. The Hall–Kier alpha value is -4.72. The molecule has 0 aliphatic carbocycles. The lowest BCUT2D eigenvalue weighted by atomic mass is 9.84. The van der Waals surface area contributed by atoms with Gasteiger partial charge in [0.25, 0.3) is 0 Å². The van der Waals surface area contributed by atoms with Gasteiger partial charge in [0.2, 0.25) is 0 Å². The van der Waals surface area contributed by atoms with Gasteiger partial charge in [-0.1, -0.05) is 53.5 Å². The first-order chi connectivity index (χ1) is 19.3. The zero-order valence-electron chi connectivity index (χ0n) is 20.4. The minimum absolute atomic E-state index is 0.0996. The Kier molecular flexibility index (Phi) is 6.46. The van der Waals surface area contributed by atoms with E-state index in [1.807, 2.05) is 18.2 Å². The molecule has 0 radical (unpaired) electrons. The first-order valence-corrected chi connectivity index (χ1v) is 12.8. The highest BCUT2D eigenvalue weighted by molar-refractivity contribution is 6.31. The fourth-order valence-corrected chi connectivity index (χ4v) is 5.03. The lowest BCUT2D eigenvalue weighted by Crippen LogP contribution is -2.21. The average Bonchev–Trinajstić information content (AvgIpc) is 2.94. The van der Waals surface area contributed by atoms with Crippen molar-refractivity contribution < 1.29 is 23.8 Å². The van der Waals surface area contributed by atoms with Crippen molar-refractivity contribution in [3.05, 3.63) is 139 Å². The molecule has 6 aromatic rings. The number of halogens is 2. The van der Waals surface area contributed by atoms with Gasteiger partial charge in [-0.2, -0.15) is 0 Å². The second kappa shape index (κ2) is 10.1. The summed E-state index contributed by atoms with van der Waals surface area (Å²) >= 11 is 12.3. The highest BCUT2D eigenvalue weighted by Crippen LogP contribution is 2.43. The molecular formula is C31H18Cl2O7. The highest BCUT2D eigenvalue weighted by atomic mass is 35.5. The van der Waals surface area contributed by atoms with Gasteiger partial charge in [-0.3, -0.25) is 0 Å². The van der Waals surface area contributed by atoms with Gasteiger partial charge >= 0.3 is 11.3 Å². The summed E-state index contributed by atoms with van der Waals surface area (Å²) in [6.07, 6.45) is 0. The molecule has 0 fully saturated rings. The maximum atomic E-state index is 13.4. The smallest absolute Gasteiger partial charge is 0.344 e. The predicted octanol–water partition coefficient (Wildman–Crippen LogP) is 7.59. The number of benzene rings is 4. The van der Waals surface area contributed by atoms with Crippen molar-refractivity contribution in [2.75, 3.05) is 0 Å². The van der Waals surface area contributed by atoms with Crippen molar-refractivity contribution in [3.8, 4) is 23.0 Å². The number of fused-ring (bicyclic) bond motifs is 2. The van der Waals surface area contributed by atoms with Crippen LogP contribution in [0.5, 0.6) is 23.0 Å². The largest absolute Gasteiger partial charge is 0.507 e. The minimum atomic E-state index is -1.30. The third-order valence-corrected chi connectivity index (χ3v) is 6.99. The lowest BCUT2D eigenvalue weighted by Gasteiger charge is -2.20. The quantitative estimate of drug-likeness (QED) is 0.205. The van der Waals surface area contributed by atoms with Crippen molar-refractivity contribution in [3.63, 3.8) is 0 Å². The predicted molar refractivity (Wildman–Crippen MR) is 152 cm³/mol. The van der Waals surface area contributed by atoms with Crippen molar-refractivity contribution in [1.82, 2.24) is 0 Å². The Labute approximate surface area is 236 Å². The minimum Gasteiger partial charge on any atom is -0.507 e. The first-order valence-electron chi connectivity index (χ1n) is 12.0. The molecule has 4 aromatic carbocycles. The van der Waals surface area contributed by atoms with Crippen LogP contribution < -0.4 is 16.0 Å². The molecule has 0 spiro atoms. The van der Waals surface area contributed by atoms with Crippen LogP contribution in [0.2, 0.25) is 10.0 Å². The Morgan fingerprint density at radius 2 is 1.10 bits per heavy atom. The molecule has 2 aromatic heterocycles. The van der Waals surface area contributed by atoms with E-state index >= 15 is 0 Å². The summed E-state index contributed by atoms with van der Waals surface area (Å²) in [7, 11) is 0. The summed E-state index contributed by atoms with van der Waals surface area (Å²) in [6, 6.07) is 24.5. The topological polar surface area (TPSA) is 110 Å². The van der Waals surface area contributed by atoms with Crippen LogP contribution >= 0.6 is 23.2 Å². The van der Waals surface area contributed by atoms with Crippen LogP contribution in [0.25, 0.3) is 21.9 Å². The second-order valence-corrected chi connectivity index (χ2v) is 9.87. The molecule has 0 saturated heterocycles. The van der Waals surface area contributed by atoms with Crippen LogP contribution in [0.3, 0.4) is 0 Å². The summed E-state index contributed by atoms with van der Waals surface area (Å²) in [5.74, 6) is -1.11. The molecule has 0 bridgehead atoms. The third kappa shape index (κ3) is 4.55. The average molecular weight is 573 g/mol. The maximum absolute atomic E-state index is 13.4. The Balaban J connectivity index is 1.60. The molecule has 0 saturated carbocycles. The molecule has 40 heavy (non-hydrogen) atoms. The van der Waals surface area contributed by atoms with E-state index in [9.17, 15) is 19.8 Å². The number of ether oxygens (including phenoxy) is 1. The molecular weight excluding hydrogens is 555 g/mol.